The molecule has 1 amide bonds. The van der Waals surface area contributed by atoms with E-state index in [1.807, 2.05) is 0 Å². The zero-order chi connectivity index (χ0) is 10.6. The lowest BCUT2D eigenvalue weighted by Crippen LogP contribution is -2.29. The number of hydroxylamine groups is 1. The molecule has 0 aliphatic carbocycles. The predicted molar refractivity (Wildman–Crippen MR) is 38.1 cm³/mol. The molecular weight excluding hydrogens is 203 g/mol. The number of nitrogens with one attached hydrogen (secondary N) is 2. The van der Waals surface area contributed by atoms with Gasteiger partial charge in [0.15, 0.2) is 6.61 Å². The number of halogens is 3. The maximum atomic E-state index is 11.6. The number of H-pyrrole nitrogens is 1. The monoisotopic (exact) mass is 209 g/mol. The molecule has 0 spiro atoms. The number of aromatic nitrogens is 2. The smallest absolute Gasteiger partial charge is 0.285 e. The molecule has 0 aliphatic rings. The number of amides is 1. The van der Waals surface area contributed by atoms with Gasteiger partial charge in [-0.05, 0) is 0 Å². The second-order valence-corrected chi connectivity index (χ2v) is 2.32. The first-order valence-electron chi connectivity index (χ1n) is 3.47. The first kappa shape index (κ1) is 10.5. The summed E-state index contributed by atoms with van der Waals surface area (Å²) in [7, 11) is 0. The first-order chi connectivity index (χ1) is 6.49. The molecule has 1 rings (SSSR count). The van der Waals surface area contributed by atoms with E-state index in [1.165, 1.54) is 6.20 Å². The molecule has 8 heteroatoms. The van der Waals surface area contributed by atoms with Crippen molar-refractivity contribution < 1.29 is 22.8 Å². The molecule has 0 fully saturated rings. The fourth-order valence-corrected chi connectivity index (χ4v) is 0.617. The van der Waals surface area contributed by atoms with Gasteiger partial charge in [0.2, 0.25) is 0 Å². The summed E-state index contributed by atoms with van der Waals surface area (Å²) in [4.78, 5) is 14.8. The van der Waals surface area contributed by atoms with Crippen molar-refractivity contribution in [3.63, 3.8) is 0 Å². The summed E-state index contributed by atoms with van der Waals surface area (Å²) in [6.45, 7) is -1.53. The summed E-state index contributed by atoms with van der Waals surface area (Å²) in [6, 6.07) is 0. The van der Waals surface area contributed by atoms with Gasteiger partial charge in [-0.1, -0.05) is 0 Å². The summed E-state index contributed by atoms with van der Waals surface area (Å²) < 4.78 is 34.7. The third-order valence-electron chi connectivity index (χ3n) is 1.16. The van der Waals surface area contributed by atoms with Gasteiger partial charge in [0.25, 0.3) is 5.91 Å². The van der Waals surface area contributed by atoms with Gasteiger partial charge in [0.05, 0.1) is 11.8 Å². The van der Waals surface area contributed by atoms with Crippen LogP contribution in [0.15, 0.2) is 12.4 Å². The van der Waals surface area contributed by atoms with Crippen LogP contribution in [0.25, 0.3) is 0 Å². The third kappa shape index (κ3) is 3.44. The van der Waals surface area contributed by atoms with Crippen molar-refractivity contribution in [1.82, 2.24) is 15.7 Å². The Labute approximate surface area is 76.2 Å². The maximum absolute atomic E-state index is 11.6. The largest absolute Gasteiger partial charge is 0.414 e. The van der Waals surface area contributed by atoms with Crippen molar-refractivity contribution in [2.45, 2.75) is 6.18 Å². The number of hydrogen-bond donors (Lipinski definition) is 2. The van der Waals surface area contributed by atoms with Crippen molar-refractivity contribution in [3.05, 3.63) is 18.0 Å². The highest BCUT2D eigenvalue weighted by atomic mass is 19.4. The molecular formula is C6H6F3N3O2. The number of carbonyl (C=O) groups excluding carboxylic acids is 1. The minimum Gasteiger partial charge on any atom is -0.285 e. The van der Waals surface area contributed by atoms with Crippen LogP contribution < -0.4 is 5.48 Å². The van der Waals surface area contributed by atoms with E-state index in [0.717, 1.165) is 6.20 Å². The van der Waals surface area contributed by atoms with Crippen LogP contribution >= 0.6 is 0 Å². The Balaban J connectivity index is 2.30. The molecule has 0 radical (unpaired) electrons. The predicted octanol–water partition coefficient (Wildman–Crippen LogP) is 0.633. The molecule has 0 atom stereocenters. The van der Waals surface area contributed by atoms with Crippen molar-refractivity contribution in [3.8, 4) is 0 Å². The number of rotatable bonds is 3. The van der Waals surface area contributed by atoms with Gasteiger partial charge < -0.3 is 0 Å². The molecule has 14 heavy (non-hydrogen) atoms. The normalized spacial score (nSPS) is 11.4. The van der Waals surface area contributed by atoms with Crippen LogP contribution in [0.4, 0.5) is 13.2 Å². The third-order valence-corrected chi connectivity index (χ3v) is 1.16. The van der Waals surface area contributed by atoms with Crippen LogP contribution in [0, 0.1) is 0 Å². The minimum atomic E-state index is -4.47. The number of carbonyl (C=O) groups is 1. The lowest BCUT2D eigenvalue weighted by atomic mass is 10.4. The minimum absolute atomic E-state index is 0.0900. The molecule has 0 aromatic carbocycles. The Morgan fingerprint density at radius 1 is 1.64 bits per heavy atom. The van der Waals surface area contributed by atoms with E-state index >= 15 is 0 Å². The van der Waals surface area contributed by atoms with Crippen molar-refractivity contribution in [1.29, 1.82) is 0 Å². The molecule has 1 aromatic heterocycles. The van der Waals surface area contributed by atoms with E-state index in [2.05, 4.69) is 15.0 Å². The molecule has 2 N–H and O–H groups in total. The number of hydrogen-bond acceptors (Lipinski definition) is 3. The van der Waals surface area contributed by atoms with Crippen LogP contribution in [0.1, 0.15) is 10.4 Å². The zero-order valence-corrected chi connectivity index (χ0v) is 6.76. The summed E-state index contributed by atoms with van der Waals surface area (Å²) in [5.41, 5.74) is 1.71. The Hall–Kier alpha value is -1.57. The van der Waals surface area contributed by atoms with Gasteiger partial charge in [-0.3, -0.25) is 14.7 Å². The quantitative estimate of drug-likeness (QED) is 0.717. The summed E-state index contributed by atoms with van der Waals surface area (Å²) in [6.07, 6.45) is -2.08. The Bertz CT molecular complexity index is 296. The molecule has 1 aromatic rings. The van der Waals surface area contributed by atoms with E-state index in [1.54, 1.807) is 5.48 Å². The van der Waals surface area contributed by atoms with Gasteiger partial charge in [-0.15, -0.1) is 0 Å². The molecule has 78 valence electrons. The zero-order valence-electron chi connectivity index (χ0n) is 6.76. The Morgan fingerprint density at radius 2 is 2.36 bits per heavy atom. The molecule has 0 unspecified atom stereocenters. The average Bonchev–Trinajstić information content (AvgIpc) is 2.53. The van der Waals surface area contributed by atoms with Gasteiger partial charge >= 0.3 is 6.18 Å². The average molecular weight is 209 g/mol. The number of alkyl halides is 3. The summed E-state index contributed by atoms with van der Waals surface area (Å²) >= 11 is 0. The molecule has 0 aliphatic heterocycles. The molecule has 0 bridgehead atoms. The van der Waals surface area contributed by atoms with Crippen molar-refractivity contribution >= 4 is 5.91 Å². The van der Waals surface area contributed by atoms with E-state index < -0.39 is 18.7 Å². The molecule has 0 saturated carbocycles. The summed E-state index contributed by atoms with van der Waals surface area (Å²) in [5, 5.41) is 5.77. The van der Waals surface area contributed by atoms with E-state index in [9.17, 15) is 18.0 Å². The fraction of sp³-hybridized carbons (Fsp3) is 0.333. The highest BCUT2D eigenvalue weighted by molar-refractivity contribution is 5.92. The Kier molecular flexibility index (Phi) is 3.07. The molecule has 5 nitrogen and oxygen atoms in total. The Morgan fingerprint density at radius 3 is 2.86 bits per heavy atom. The highest BCUT2D eigenvalue weighted by Gasteiger charge is 2.28. The van der Waals surface area contributed by atoms with Crippen LogP contribution in [0.3, 0.4) is 0 Å². The maximum Gasteiger partial charge on any atom is 0.414 e. The summed E-state index contributed by atoms with van der Waals surface area (Å²) in [5.74, 6) is -0.789. The fourth-order valence-electron chi connectivity index (χ4n) is 0.617. The van der Waals surface area contributed by atoms with Crippen LogP contribution in [0.5, 0.6) is 0 Å². The van der Waals surface area contributed by atoms with Crippen molar-refractivity contribution in [2.24, 2.45) is 0 Å². The van der Waals surface area contributed by atoms with E-state index in [4.69, 9.17) is 0 Å². The lowest BCUT2D eigenvalue weighted by molar-refractivity contribution is -0.184. The number of aromatic amines is 1. The van der Waals surface area contributed by atoms with Gasteiger partial charge in [-0.2, -0.15) is 18.3 Å². The van der Waals surface area contributed by atoms with Crippen LogP contribution in [0.2, 0.25) is 0 Å². The van der Waals surface area contributed by atoms with E-state index in [-0.39, 0.29) is 5.56 Å². The molecule has 1 heterocycles. The second-order valence-electron chi connectivity index (χ2n) is 2.32. The number of nitrogens with zero attached hydrogens (tertiary/aromatic N) is 1. The highest BCUT2D eigenvalue weighted by Crippen LogP contribution is 2.13. The lowest BCUT2D eigenvalue weighted by Gasteiger charge is -2.06. The van der Waals surface area contributed by atoms with E-state index in [0.29, 0.717) is 0 Å². The second kappa shape index (κ2) is 4.09. The SMILES string of the molecule is O=C(NOCC(F)(F)F)c1cn[nH]c1. The first-order valence-corrected chi connectivity index (χ1v) is 3.47. The van der Waals surface area contributed by atoms with Crippen LogP contribution in [-0.2, 0) is 4.84 Å². The van der Waals surface area contributed by atoms with Crippen LogP contribution in [-0.4, -0.2) is 28.9 Å². The van der Waals surface area contributed by atoms with Crippen molar-refractivity contribution in [2.75, 3.05) is 6.61 Å². The molecule has 0 saturated heterocycles. The van der Waals surface area contributed by atoms with Gasteiger partial charge in [0, 0.05) is 6.20 Å². The van der Waals surface area contributed by atoms with Gasteiger partial charge in [-0.25, -0.2) is 5.48 Å². The standard InChI is InChI=1S/C6H6F3N3O2/c7-6(8,9)3-14-12-5(13)4-1-10-11-2-4/h1-2H,3H2,(H,10,11)(H,12,13). The van der Waals surface area contributed by atoms with Gasteiger partial charge in [0.1, 0.15) is 0 Å². The topological polar surface area (TPSA) is 67.0 Å².